The van der Waals surface area contributed by atoms with E-state index in [1.54, 1.807) is 13.1 Å². The van der Waals surface area contributed by atoms with E-state index in [0.29, 0.717) is 30.8 Å². The molecule has 1 aromatic carbocycles. The number of aliphatic imine (C=N–C) groups is 1. The average molecular weight is 501 g/mol. The topological polar surface area (TPSA) is 63.5 Å². The first-order chi connectivity index (χ1) is 13.0. The first kappa shape index (κ1) is 22.4. The SMILES string of the molecule is CN=C(NCCn1cc(C)cn1)NC(C)c1ccc(OCC2CC2)c(F)c1.I. The molecule has 1 aliphatic rings. The second-order valence-corrected chi connectivity index (χ2v) is 7.09. The smallest absolute Gasteiger partial charge is 0.191 e. The van der Waals surface area contributed by atoms with Crippen LogP contribution < -0.4 is 15.4 Å². The molecule has 1 unspecified atom stereocenters. The largest absolute Gasteiger partial charge is 0.490 e. The van der Waals surface area contributed by atoms with Crippen LogP contribution in [-0.4, -0.2) is 35.9 Å². The van der Waals surface area contributed by atoms with Crippen molar-refractivity contribution in [2.45, 2.75) is 39.3 Å². The standard InChI is InChI=1S/C20H28FN5O.HI/c1-14-11-24-26(12-14)9-8-23-20(22-3)25-15(2)17-6-7-19(18(21)10-17)27-13-16-4-5-16;/h6-7,10-12,15-16H,4-5,8-9,13H2,1-3H3,(H2,22,23,25);1H. The summed E-state index contributed by atoms with van der Waals surface area (Å²) >= 11 is 0. The van der Waals surface area contributed by atoms with Gasteiger partial charge in [-0.2, -0.15) is 5.10 Å². The number of hydrogen-bond acceptors (Lipinski definition) is 3. The molecule has 6 nitrogen and oxygen atoms in total. The van der Waals surface area contributed by atoms with Gasteiger partial charge in [-0.05, 0) is 55.9 Å². The van der Waals surface area contributed by atoms with Gasteiger partial charge in [0.05, 0.1) is 25.4 Å². The maximum atomic E-state index is 14.3. The number of guanidine groups is 1. The molecular weight excluding hydrogens is 472 g/mol. The monoisotopic (exact) mass is 501 g/mol. The Morgan fingerprint density at radius 3 is 2.82 bits per heavy atom. The normalized spacial score (nSPS) is 14.9. The molecule has 1 aromatic heterocycles. The summed E-state index contributed by atoms with van der Waals surface area (Å²) in [6.07, 6.45) is 6.21. The predicted molar refractivity (Wildman–Crippen MR) is 120 cm³/mol. The molecule has 1 saturated carbocycles. The van der Waals surface area contributed by atoms with Crippen LogP contribution in [0.1, 0.15) is 36.9 Å². The van der Waals surface area contributed by atoms with E-state index in [0.717, 1.165) is 17.7 Å². The van der Waals surface area contributed by atoms with Crippen LogP contribution in [0.5, 0.6) is 5.75 Å². The van der Waals surface area contributed by atoms with Crippen molar-refractivity contribution in [3.8, 4) is 5.75 Å². The van der Waals surface area contributed by atoms with Gasteiger partial charge in [0, 0.05) is 19.8 Å². The summed E-state index contributed by atoms with van der Waals surface area (Å²) in [4.78, 5) is 4.23. The van der Waals surface area contributed by atoms with Gasteiger partial charge in [0.1, 0.15) is 0 Å². The molecule has 3 rings (SSSR count). The Bertz CT molecular complexity index is 791. The molecule has 0 radical (unpaired) electrons. The molecule has 0 aliphatic heterocycles. The van der Waals surface area contributed by atoms with Crippen molar-refractivity contribution in [2.75, 3.05) is 20.2 Å². The lowest BCUT2D eigenvalue weighted by molar-refractivity contribution is 0.285. The second-order valence-electron chi connectivity index (χ2n) is 7.09. The minimum Gasteiger partial charge on any atom is -0.490 e. The van der Waals surface area contributed by atoms with E-state index in [9.17, 15) is 4.39 Å². The fourth-order valence-electron chi connectivity index (χ4n) is 2.76. The molecule has 0 spiro atoms. The van der Waals surface area contributed by atoms with Crippen molar-refractivity contribution in [3.63, 3.8) is 0 Å². The number of halogens is 2. The fourth-order valence-corrected chi connectivity index (χ4v) is 2.76. The van der Waals surface area contributed by atoms with Crippen LogP contribution in [0.15, 0.2) is 35.6 Å². The highest BCUT2D eigenvalue weighted by molar-refractivity contribution is 14.0. The van der Waals surface area contributed by atoms with Crippen LogP contribution in [0.2, 0.25) is 0 Å². The molecule has 0 saturated heterocycles. The summed E-state index contributed by atoms with van der Waals surface area (Å²) in [7, 11) is 1.72. The molecule has 154 valence electrons. The summed E-state index contributed by atoms with van der Waals surface area (Å²) in [5.41, 5.74) is 1.98. The molecule has 28 heavy (non-hydrogen) atoms. The number of aromatic nitrogens is 2. The van der Waals surface area contributed by atoms with E-state index >= 15 is 0 Å². The van der Waals surface area contributed by atoms with Crippen LogP contribution >= 0.6 is 24.0 Å². The molecule has 2 N–H and O–H groups in total. The van der Waals surface area contributed by atoms with E-state index in [4.69, 9.17) is 4.74 Å². The zero-order valence-corrected chi connectivity index (χ0v) is 18.9. The van der Waals surface area contributed by atoms with Gasteiger partial charge in [0.25, 0.3) is 0 Å². The molecule has 1 atom stereocenters. The van der Waals surface area contributed by atoms with Gasteiger partial charge in [0.2, 0.25) is 0 Å². The van der Waals surface area contributed by atoms with Crippen LogP contribution in [-0.2, 0) is 6.54 Å². The Balaban J connectivity index is 0.00000280. The minimum atomic E-state index is -0.321. The Morgan fingerprint density at radius 1 is 1.43 bits per heavy atom. The Morgan fingerprint density at radius 2 is 2.21 bits per heavy atom. The van der Waals surface area contributed by atoms with E-state index in [1.807, 2.05) is 37.0 Å². The lowest BCUT2D eigenvalue weighted by atomic mass is 10.1. The second kappa shape index (κ2) is 10.6. The van der Waals surface area contributed by atoms with Gasteiger partial charge < -0.3 is 15.4 Å². The maximum absolute atomic E-state index is 14.3. The van der Waals surface area contributed by atoms with Crippen molar-refractivity contribution in [1.82, 2.24) is 20.4 Å². The molecule has 0 amide bonds. The van der Waals surface area contributed by atoms with E-state index < -0.39 is 0 Å². The number of hydrogen-bond donors (Lipinski definition) is 2. The van der Waals surface area contributed by atoms with Gasteiger partial charge in [-0.3, -0.25) is 9.67 Å². The van der Waals surface area contributed by atoms with Gasteiger partial charge in [-0.25, -0.2) is 4.39 Å². The quantitative estimate of drug-likeness (QED) is 0.329. The van der Waals surface area contributed by atoms with Gasteiger partial charge in [0.15, 0.2) is 17.5 Å². The van der Waals surface area contributed by atoms with E-state index in [-0.39, 0.29) is 35.8 Å². The zero-order chi connectivity index (χ0) is 19.2. The lowest BCUT2D eigenvalue weighted by Gasteiger charge is -2.19. The van der Waals surface area contributed by atoms with Crippen LogP contribution in [0.25, 0.3) is 0 Å². The summed E-state index contributed by atoms with van der Waals surface area (Å²) in [6.45, 7) is 6.03. The fraction of sp³-hybridized carbons (Fsp3) is 0.500. The molecule has 8 heteroatoms. The third kappa shape index (κ3) is 6.65. The number of rotatable bonds is 8. The molecular formula is C20H29FIN5O. The van der Waals surface area contributed by atoms with Gasteiger partial charge in [-0.15, -0.1) is 24.0 Å². The third-order valence-corrected chi connectivity index (χ3v) is 4.60. The highest BCUT2D eigenvalue weighted by Crippen LogP contribution is 2.30. The number of ether oxygens (including phenoxy) is 1. The number of nitrogens with zero attached hydrogens (tertiary/aromatic N) is 3. The van der Waals surface area contributed by atoms with Crippen molar-refractivity contribution in [2.24, 2.45) is 10.9 Å². The zero-order valence-electron chi connectivity index (χ0n) is 16.6. The van der Waals surface area contributed by atoms with E-state index in [1.165, 1.54) is 18.9 Å². The predicted octanol–water partition coefficient (Wildman–Crippen LogP) is 3.66. The van der Waals surface area contributed by atoms with Crippen LogP contribution in [0.3, 0.4) is 0 Å². The maximum Gasteiger partial charge on any atom is 0.191 e. The van der Waals surface area contributed by atoms with Crippen molar-refractivity contribution in [1.29, 1.82) is 0 Å². The van der Waals surface area contributed by atoms with Crippen LogP contribution in [0, 0.1) is 18.7 Å². The molecule has 2 aromatic rings. The number of benzene rings is 1. The Labute approximate surface area is 183 Å². The molecule has 1 aliphatic carbocycles. The highest BCUT2D eigenvalue weighted by atomic mass is 127. The van der Waals surface area contributed by atoms with Crippen molar-refractivity contribution in [3.05, 3.63) is 47.5 Å². The summed E-state index contributed by atoms with van der Waals surface area (Å²) in [6, 6.07) is 5.04. The summed E-state index contributed by atoms with van der Waals surface area (Å²) in [5, 5.41) is 10.8. The minimum absolute atomic E-state index is 0. The van der Waals surface area contributed by atoms with Crippen molar-refractivity contribution >= 4 is 29.9 Å². The van der Waals surface area contributed by atoms with Gasteiger partial charge >= 0.3 is 0 Å². The Kier molecular flexibility index (Phi) is 8.53. The molecule has 0 bridgehead atoms. The number of nitrogens with one attached hydrogen (secondary N) is 2. The first-order valence-corrected chi connectivity index (χ1v) is 9.43. The summed E-state index contributed by atoms with van der Waals surface area (Å²) in [5.74, 6) is 1.28. The highest BCUT2D eigenvalue weighted by Gasteiger charge is 2.22. The molecule has 1 heterocycles. The molecule has 1 fully saturated rings. The van der Waals surface area contributed by atoms with Crippen LogP contribution in [0.4, 0.5) is 4.39 Å². The Hall–Kier alpha value is -1.84. The van der Waals surface area contributed by atoms with E-state index in [2.05, 4.69) is 20.7 Å². The third-order valence-electron chi connectivity index (χ3n) is 4.60. The first-order valence-electron chi connectivity index (χ1n) is 9.43. The van der Waals surface area contributed by atoms with Crippen molar-refractivity contribution < 1.29 is 9.13 Å². The van der Waals surface area contributed by atoms with Gasteiger partial charge in [-0.1, -0.05) is 6.07 Å². The average Bonchev–Trinajstić information content (AvgIpc) is 3.40. The number of aryl methyl sites for hydroxylation is 1. The lowest BCUT2D eigenvalue weighted by Crippen LogP contribution is -2.40. The summed E-state index contributed by atoms with van der Waals surface area (Å²) < 4.78 is 21.7.